The molecular formula is C15H23NO2. The van der Waals surface area contributed by atoms with Crippen molar-refractivity contribution in [2.45, 2.75) is 45.6 Å². The normalized spacial score (nSPS) is 11.3. The molecular weight excluding hydrogens is 226 g/mol. The first-order valence-electron chi connectivity index (χ1n) is 6.47. The zero-order valence-corrected chi connectivity index (χ0v) is 11.5. The van der Waals surface area contributed by atoms with E-state index in [4.69, 9.17) is 0 Å². The van der Waals surface area contributed by atoms with Gasteiger partial charge in [-0.1, -0.05) is 31.2 Å². The summed E-state index contributed by atoms with van der Waals surface area (Å²) in [7, 11) is 0. The van der Waals surface area contributed by atoms with Crippen LogP contribution in [-0.4, -0.2) is 23.2 Å². The second-order valence-corrected chi connectivity index (χ2v) is 5.26. The molecule has 3 heteroatoms. The molecule has 1 aromatic carbocycles. The fraction of sp³-hybridized carbons (Fsp3) is 0.533. The molecule has 2 N–H and O–H groups in total. The van der Waals surface area contributed by atoms with Crippen molar-refractivity contribution in [1.82, 2.24) is 5.32 Å². The Morgan fingerprint density at radius 2 is 1.78 bits per heavy atom. The molecule has 0 aliphatic heterocycles. The Labute approximate surface area is 109 Å². The predicted octanol–water partition coefficient (Wildman–Crippen LogP) is 2.07. The van der Waals surface area contributed by atoms with Gasteiger partial charge < -0.3 is 10.4 Å². The van der Waals surface area contributed by atoms with Crippen LogP contribution in [0.3, 0.4) is 0 Å². The average Bonchev–Trinajstić information content (AvgIpc) is 2.33. The molecule has 18 heavy (non-hydrogen) atoms. The summed E-state index contributed by atoms with van der Waals surface area (Å²) in [6, 6.07) is 8.35. The summed E-state index contributed by atoms with van der Waals surface area (Å²) in [4.78, 5) is 11.6. The quantitative estimate of drug-likeness (QED) is 0.811. The van der Waals surface area contributed by atoms with Gasteiger partial charge in [0, 0.05) is 13.0 Å². The van der Waals surface area contributed by atoms with Gasteiger partial charge in [0.05, 0.1) is 5.60 Å². The van der Waals surface area contributed by atoms with Crippen molar-refractivity contribution in [3.8, 4) is 0 Å². The zero-order valence-electron chi connectivity index (χ0n) is 11.5. The molecule has 0 bridgehead atoms. The van der Waals surface area contributed by atoms with Gasteiger partial charge in [-0.3, -0.25) is 4.79 Å². The summed E-state index contributed by atoms with van der Waals surface area (Å²) in [6.45, 7) is 5.77. The number of nitrogens with one attached hydrogen (secondary N) is 1. The molecule has 0 unspecified atom stereocenters. The van der Waals surface area contributed by atoms with Gasteiger partial charge in [-0.05, 0) is 37.8 Å². The van der Waals surface area contributed by atoms with Crippen LogP contribution in [0, 0.1) is 0 Å². The Kier molecular flexibility index (Phi) is 5.35. The number of hydrogen-bond acceptors (Lipinski definition) is 2. The lowest BCUT2D eigenvalue weighted by Gasteiger charge is -2.17. The molecule has 1 amide bonds. The van der Waals surface area contributed by atoms with Crippen LogP contribution in [0.5, 0.6) is 0 Å². The number of aryl methyl sites for hydroxylation is 2. The number of rotatable bonds is 6. The molecule has 0 fully saturated rings. The summed E-state index contributed by atoms with van der Waals surface area (Å²) < 4.78 is 0. The monoisotopic (exact) mass is 249 g/mol. The lowest BCUT2D eigenvalue weighted by molar-refractivity contribution is -0.122. The van der Waals surface area contributed by atoms with Crippen LogP contribution >= 0.6 is 0 Å². The van der Waals surface area contributed by atoms with Crippen LogP contribution in [0.2, 0.25) is 0 Å². The lowest BCUT2D eigenvalue weighted by Crippen LogP contribution is -2.38. The van der Waals surface area contributed by atoms with Gasteiger partial charge in [-0.15, -0.1) is 0 Å². The predicted molar refractivity (Wildman–Crippen MR) is 73.4 cm³/mol. The maximum atomic E-state index is 11.6. The molecule has 1 aromatic rings. The van der Waals surface area contributed by atoms with Gasteiger partial charge in [-0.25, -0.2) is 0 Å². The largest absolute Gasteiger partial charge is 0.389 e. The van der Waals surface area contributed by atoms with E-state index < -0.39 is 5.60 Å². The first-order valence-corrected chi connectivity index (χ1v) is 6.47. The van der Waals surface area contributed by atoms with Crippen molar-refractivity contribution in [2.24, 2.45) is 0 Å². The van der Waals surface area contributed by atoms with E-state index in [0.29, 0.717) is 13.0 Å². The third kappa shape index (κ3) is 5.82. The van der Waals surface area contributed by atoms with E-state index >= 15 is 0 Å². The molecule has 3 nitrogen and oxygen atoms in total. The van der Waals surface area contributed by atoms with E-state index in [-0.39, 0.29) is 5.91 Å². The van der Waals surface area contributed by atoms with Crippen LogP contribution in [0.25, 0.3) is 0 Å². The van der Waals surface area contributed by atoms with Gasteiger partial charge in [-0.2, -0.15) is 0 Å². The van der Waals surface area contributed by atoms with E-state index in [1.165, 1.54) is 11.1 Å². The number of carbonyl (C=O) groups is 1. The molecule has 100 valence electrons. The zero-order chi connectivity index (χ0) is 13.6. The van der Waals surface area contributed by atoms with Crippen molar-refractivity contribution in [3.63, 3.8) is 0 Å². The Balaban J connectivity index is 2.33. The van der Waals surface area contributed by atoms with E-state index in [2.05, 4.69) is 36.5 Å². The summed E-state index contributed by atoms with van der Waals surface area (Å²) in [6.07, 6.45) is 2.23. The molecule has 0 aliphatic rings. The highest BCUT2D eigenvalue weighted by Crippen LogP contribution is 2.07. The van der Waals surface area contributed by atoms with Crippen LogP contribution in [-0.2, 0) is 17.6 Å². The Bertz CT molecular complexity index is 376. The van der Waals surface area contributed by atoms with E-state index in [1.54, 1.807) is 13.8 Å². The SMILES string of the molecule is CCc1ccc(CCC(=O)NCC(C)(C)O)cc1. The Hall–Kier alpha value is -1.35. The highest BCUT2D eigenvalue weighted by molar-refractivity contribution is 5.76. The minimum Gasteiger partial charge on any atom is -0.389 e. The minimum absolute atomic E-state index is 0.0170. The van der Waals surface area contributed by atoms with Gasteiger partial charge in [0.15, 0.2) is 0 Å². The summed E-state index contributed by atoms with van der Waals surface area (Å²) in [5.74, 6) is -0.0170. The fourth-order valence-corrected chi connectivity index (χ4v) is 1.60. The molecule has 0 saturated carbocycles. The number of hydrogen-bond donors (Lipinski definition) is 2. The number of benzene rings is 1. The molecule has 1 rings (SSSR count). The maximum Gasteiger partial charge on any atom is 0.220 e. The lowest BCUT2D eigenvalue weighted by atomic mass is 10.1. The standard InChI is InChI=1S/C15H23NO2/c1-4-12-5-7-13(8-6-12)9-10-14(17)16-11-15(2,3)18/h5-8,18H,4,9-11H2,1-3H3,(H,16,17). The smallest absolute Gasteiger partial charge is 0.220 e. The topological polar surface area (TPSA) is 49.3 Å². The van der Waals surface area contributed by atoms with Gasteiger partial charge in [0.1, 0.15) is 0 Å². The summed E-state index contributed by atoms with van der Waals surface area (Å²) >= 11 is 0. The van der Waals surface area contributed by atoms with Crippen molar-refractivity contribution in [2.75, 3.05) is 6.54 Å². The van der Waals surface area contributed by atoms with Crippen molar-refractivity contribution >= 4 is 5.91 Å². The molecule has 0 atom stereocenters. The first kappa shape index (κ1) is 14.7. The Morgan fingerprint density at radius 3 is 2.28 bits per heavy atom. The number of carbonyl (C=O) groups excluding carboxylic acids is 1. The number of aliphatic hydroxyl groups is 1. The molecule has 0 aromatic heterocycles. The van der Waals surface area contributed by atoms with E-state index in [9.17, 15) is 9.90 Å². The van der Waals surface area contributed by atoms with Crippen LogP contribution < -0.4 is 5.32 Å². The average molecular weight is 249 g/mol. The van der Waals surface area contributed by atoms with Crippen molar-refractivity contribution < 1.29 is 9.90 Å². The highest BCUT2D eigenvalue weighted by Gasteiger charge is 2.13. The van der Waals surface area contributed by atoms with Gasteiger partial charge in [0.2, 0.25) is 5.91 Å². The molecule has 0 radical (unpaired) electrons. The third-order valence-corrected chi connectivity index (χ3v) is 2.79. The second-order valence-electron chi connectivity index (χ2n) is 5.26. The maximum absolute atomic E-state index is 11.6. The third-order valence-electron chi connectivity index (χ3n) is 2.79. The number of amides is 1. The van der Waals surface area contributed by atoms with Crippen LogP contribution in [0.4, 0.5) is 0 Å². The molecule has 0 spiro atoms. The fourth-order valence-electron chi connectivity index (χ4n) is 1.60. The Morgan fingerprint density at radius 1 is 1.22 bits per heavy atom. The van der Waals surface area contributed by atoms with Crippen molar-refractivity contribution in [1.29, 1.82) is 0 Å². The first-order chi connectivity index (χ1) is 8.40. The molecule has 0 saturated heterocycles. The van der Waals surface area contributed by atoms with Gasteiger partial charge >= 0.3 is 0 Å². The second kappa shape index (κ2) is 6.55. The van der Waals surface area contributed by atoms with Crippen LogP contribution in [0.1, 0.15) is 38.3 Å². The summed E-state index contributed by atoms with van der Waals surface area (Å²) in [5, 5.41) is 12.2. The molecule has 0 aliphatic carbocycles. The van der Waals surface area contributed by atoms with Gasteiger partial charge in [0.25, 0.3) is 0 Å². The molecule has 0 heterocycles. The highest BCUT2D eigenvalue weighted by atomic mass is 16.3. The van der Waals surface area contributed by atoms with Crippen molar-refractivity contribution in [3.05, 3.63) is 35.4 Å². The van der Waals surface area contributed by atoms with E-state index in [0.717, 1.165) is 12.8 Å². The minimum atomic E-state index is -0.849. The van der Waals surface area contributed by atoms with E-state index in [1.807, 2.05) is 0 Å². The summed E-state index contributed by atoms with van der Waals surface area (Å²) in [5.41, 5.74) is 1.63. The van der Waals surface area contributed by atoms with Crippen LogP contribution in [0.15, 0.2) is 24.3 Å².